The van der Waals surface area contributed by atoms with Crippen molar-refractivity contribution in [3.05, 3.63) is 46.2 Å². The van der Waals surface area contributed by atoms with Crippen LogP contribution in [-0.2, 0) is 6.18 Å². The van der Waals surface area contributed by atoms with E-state index < -0.39 is 11.9 Å². The molecule has 3 N–H and O–H groups in total. The Hall–Kier alpha value is -1.76. The lowest BCUT2D eigenvalue weighted by Crippen LogP contribution is -2.09. The minimum atomic E-state index is -4.50. The van der Waals surface area contributed by atoms with E-state index in [0.717, 1.165) is 22.3 Å². The third-order valence-corrected chi connectivity index (χ3v) is 3.62. The maximum atomic E-state index is 12.6. The molecule has 0 unspecified atom stereocenters. The van der Waals surface area contributed by atoms with Crippen LogP contribution in [0.5, 0.6) is 0 Å². The highest BCUT2D eigenvalue weighted by molar-refractivity contribution is 9.10. The SMILES string of the molecule is Cc1c(Br)cccc1Nc1cc(C(F)(F)F)ncc1N. The van der Waals surface area contributed by atoms with Crippen LogP contribution in [-0.4, -0.2) is 4.98 Å². The van der Waals surface area contributed by atoms with Crippen molar-refractivity contribution in [3.8, 4) is 0 Å². The maximum Gasteiger partial charge on any atom is 0.433 e. The number of anilines is 3. The van der Waals surface area contributed by atoms with Gasteiger partial charge in [-0.2, -0.15) is 13.2 Å². The highest BCUT2D eigenvalue weighted by atomic mass is 79.9. The topological polar surface area (TPSA) is 50.9 Å². The molecule has 0 atom stereocenters. The fourth-order valence-corrected chi connectivity index (χ4v) is 1.98. The van der Waals surface area contributed by atoms with Gasteiger partial charge in [-0.15, -0.1) is 0 Å². The highest BCUT2D eigenvalue weighted by Gasteiger charge is 2.33. The van der Waals surface area contributed by atoms with Gasteiger partial charge < -0.3 is 11.1 Å². The molecule has 0 bridgehead atoms. The van der Waals surface area contributed by atoms with Crippen LogP contribution in [0.2, 0.25) is 0 Å². The molecule has 2 aromatic rings. The molecule has 3 nitrogen and oxygen atoms in total. The van der Waals surface area contributed by atoms with E-state index >= 15 is 0 Å². The predicted octanol–water partition coefficient (Wildman–Crippen LogP) is 4.50. The molecule has 0 aliphatic rings. The lowest BCUT2D eigenvalue weighted by atomic mass is 10.2. The molecule has 1 aromatic carbocycles. The fourth-order valence-electron chi connectivity index (χ4n) is 1.62. The van der Waals surface area contributed by atoms with Crippen molar-refractivity contribution in [1.29, 1.82) is 0 Å². The van der Waals surface area contributed by atoms with Crippen molar-refractivity contribution in [1.82, 2.24) is 4.98 Å². The summed E-state index contributed by atoms with van der Waals surface area (Å²) in [5.74, 6) is 0. The lowest BCUT2D eigenvalue weighted by Gasteiger charge is -2.14. The molecule has 1 heterocycles. The van der Waals surface area contributed by atoms with Crippen LogP contribution < -0.4 is 11.1 Å². The van der Waals surface area contributed by atoms with E-state index in [0.29, 0.717) is 5.69 Å². The van der Waals surface area contributed by atoms with Crippen molar-refractivity contribution in [3.63, 3.8) is 0 Å². The summed E-state index contributed by atoms with van der Waals surface area (Å²) < 4.78 is 38.8. The second kappa shape index (κ2) is 5.32. The largest absolute Gasteiger partial charge is 0.433 e. The van der Waals surface area contributed by atoms with E-state index in [9.17, 15) is 13.2 Å². The molecule has 0 amide bonds. The number of alkyl halides is 3. The second-order valence-corrected chi connectivity index (χ2v) is 5.05. The number of pyridine rings is 1. The summed E-state index contributed by atoms with van der Waals surface area (Å²) in [5.41, 5.74) is 6.55. The van der Waals surface area contributed by atoms with Gasteiger partial charge in [0.05, 0.1) is 17.6 Å². The fraction of sp³-hybridized carbons (Fsp3) is 0.154. The molecule has 7 heteroatoms. The Morgan fingerprint density at radius 1 is 1.25 bits per heavy atom. The van der Waals surface area contributed by atoms with Gasteiger partial charge in [-0.1, -0.05) is 22.0 Å². The van der Waals surface area contributed by atoms with Crippen molar-refractivity contribution >= 4 is 33.0 Å². The predicted molar refractivity (Wildman–Crippen MR) is 75.8 cm³/mol. The standard InChI is InChI=1S/C13H11BrF3N3/c1-7-8(14)3-2-4-10(7)20-11-5-12(13(15,16)17)19-6-9(11)18/h2-6H,18H2,1H3,(H,19,20). The Balaban J connectivity index is 2.41. The van der Waals surface area contributed by atoms with Gasteiger partial charge in [0.15, 0.2) is 0 Å². The zero-order valence-electron chi connectivity index (χ0n) is 10.4. The lowest BCUT2D eigenvalue weighted by molar-refractivity contribution is -0.141. The Morgan fingerprint density at radius 3 is 2.60 bits per heavy atom. The van der Waals surface area contributed by atoms with Crippen LogP contribution in [0, 0.1) is 6.92 Å². The number of benzene rings is 1. The van der Waals surface area contributed by atoms with E-state index in [1.165, 1.54) is 0 Å². The third kappa shape index (κ3) is 3.04. The van der Waals surface area contributed by atoms with Gasteiger partial charge in [0.2, 0.25) is 0 Å². The van der Waals surface area contributed by atoms with Gasteiger partial charge in [-0.3, -0.25) is 0 Å². The number of nitrogens with one attached hydrogen (secondary N) is 1. The summed E-state index contributed by atoms with van der Waals surface area (Å²) in [4.78, 5) is 3.29. The molecule has 0 saturated carbocycles. The summed E-state index contributed by atoms with van der Waals surface area (Å²) in [6.07, 6.45) is -3.51. The maximum absolute atomic E-state index is 12.6. The summed E-state index contributed by atoms with van der Waals surface area (Å²) >= 11 is 3.36. The Bertz CT molecular complexity index is 641. The summed E-state index contributed by atoms with van der Waals surface area (Å²) in [7, 11) is 0. The number of aromatic nitrogens is 1. The van der Waals surface area contributed by atoms with Crippen molar-refractivity contribution < 1.29 is 13.2 Å². The first-order valence-electron chi connectivity index (χ1n) is 5.64. The molecule has 20 heavy (non-hydrogen) atoms. The van der Waals surface area contributed by atoms with E-state index in [2.05, 4.69) is 26.2 Å². The number of halogens is 4. The van der Waals surface area contributed by atoms with E-state index in [1.54, 1.807) is 12.1 Å². The molecule has 0 aliphatic carbocycles. The van der Waals surface area contributed by atoms with Crippen LogP contribution in [0.15, 0.2) is 34.9 Å². The first-order valence-corrected chi connectivity index (χ1v) is 6.43. The van der Waals surface area contributed by atoms with E-state index in [1.807, 2.05) is 13.0 Å². The number of nitrogens with two attached hydrogens (primary N) is 1. The van der Waals surface area contributed by atoms with Crippen molar-refractivity contribution in [2.45, 2.75) is 13.1 Å². The zero-order chi connectivity index (χ0) is 14.9. The Labute approximate surface area is 122 Å². The minimum Gasteiger partial charge on any atom is -0.396 e. The molecule has 106 valence electrons. The number of nitrogens with zero attached hydrogens (tertiary/aromatic N) is 1. The highest BCUT2D eigenvalue weighted by Crippen LogP contribution is 2.33. The van der Waals surface area contributed by atoms with Crippen LogP contribution in [0.25, 0.3) is 0 Å². The molecule has 0 fully saturated rings. The molecule has 1 aromatic heterocycles. The second-order valence-electron chi connectivity index (χ2n) is 4.19. The molecule has 0 spiro atoms. The molecule has 0 saturated heterocycles. The van der Waals surface area contributed by atoms with Crippen LogP contribution >= 0.6 is 15.9 Å². The number of rotatable bonds is 2. The van der Waals surface area contributed by atoms with E-state index in [-0.39, 0.29) is 11.4 Å². The van der Waals surface area contributed by atoms with Crippen molar-refractivity contribution in [2.75, 3.05) is 11.1 Å². The molecule has 2 rings (SSSR count). The minimum absolute atomic E-state index is 0.150. The molecular weight excluding hydrogens is 335 g/mol. The summed E-state index contributed by atoms with van der Waals surface area (Å²) in [6, 6.07) is 6.28. The van der Waals surface area contributed by atoms with Crippen LogP contribution in [0.3, 0.4) is 0 Å². The number of nitrogen functional groups attached to an aromatic ring is 1. The zero-order valence-corrected chi connectivity index (χ0v) is 12.0. The Kier molecular flexibility index (Phi) is 3.89. The monoisotopic (exact) mass is 345 g/mol. The van der Waals surface area contributed by atoms with E-state index in [4.69, 9.17) is 5.73 Å². The van der Waals surface area contributed by atoms with Crippen molar-refractivity contribution in [2.24, 2.45) is 0 Å². The average molecular weight is 346 g/mol. The smallest absolute Gasteiger partial charge is 0.396 e. The normalized spacial score (nSPS) is 11.4. The average Bonchev–Trinajstić information content (AvgIpc) is 2.36. The summed E-state index contributed by atoms with van der Waals surface area (Å²) in [6.45, 7) is 1.84. The van der Waals surface area contributed by atoms with Gasteiger partial charge in [-0.05, 0) is 30.7 Å². The quantitative estimate of drug-likeness (QED) is 0.842. The van der Waals surface area contributed by atoms with Gasteiger partial charge in [0, 0.05) is 10.2 Å². The van der Waals surface area contributed by atoms with Crippen LogP contribution in [0.4, 0.5) is 30.2 Å². The summed E-state index contributed by atoms with van der Waals surface area (Å²) in [5, 5.41) is 2.90. The van der Waals surface area contributed by atoms with Gasteiger partial charge in [-0.25, -0.2) is 4.98 Å². The van der Waals surface area contributed by atoms with Gasteiger partial charge in [0.1, 0.15) is 5.69 Å². The van der Waals surface area contributed by atoms with Gasteiger partial charge in [0.25, 0.3) is 0 Å². The molecule has 0 radical (unpaired) electrons. The first-order chi connectivity index (χ1) is 9.29. The number of hydrogen-bond acceptors (Lipinski definition) is 3. The Morgan fingerprint density at radius 2 is 1.95 bits per heavy atom. The number of hydrogen-bond donors (Lipinski definition) is 2. The molecular formula is C13H11BrF3N3. The van der Waals surface area contributed by atoms with Crippen LogP contribution in [0.1, 0.15) is 11.3 Å². The van der Waals surface area contributed by atoms with Gasteiger partial charge >= 0.3 is 6.18 Å². The first kappa shape index (κ1) is 14.6. The molecule has 0 aliphatic heterocycles. The third-order valence-electron chi connectivity index (χ3n) is 2.76.